The molecular formula is C31H35NO5. The topological polar surface area (TPSA) is 65.1 Å². The molecule has 0 aromatic heterocycles. The first-order chi connectivity index (χ1) is 18.2. The number of fused-ring (bicyclic) bond motifs is 1. The fourth-order valence-electron chi connectivity index (χ4n) is 4.80. The summed E-state index contributed by atoms with van der Waals surface area (Å²) in [6, 6.07) is 20.8. The Morgan fingerprint density at radius 1 is 0.568 bits per heavy atom. The van der Waals surface area contributed by atoms with E-state index in [9.17, 15) is 9.59 Å². The second-order valence-corrected chi connectivity index (χ2v) is 9.16. The van der Waals surface area contributed by atoms with Gasteiger partial charge in [0.25, 0.3) is 11.8 Å². The highest BCUT2D eigenvalue weighted by molar-refractivity contribution is 6.21. The number of carbonyl (C=O) groups is 2. The number of para-hydroxylation sites is 1. The molecule has 2 amide bonds. The van der Waals surface area contributed by atoms with Crippen molar-refractivity contribution in [2.75, 3.05) is 27.4 Å². The number of rotatable bonds is 14. The predicted molar refractivity (Wildman–Crippen MR) is 145 cm³/mol. The fraction of sp³-hybridized carbons (Fsp3) is 0.355. The van der Waals surface area contributed by atoms with Gasteiger partial charge in [-0.3, -0.25) is 14.5 Å². The molecule has 0 unspecified atom stereocenters. The maximum Gasteiger partial charge on any atom is 0.261 e. The molecule has 0 bridgehead atoms. The van der Waals surface area contributed by atoms with E-state index in [-0.39, 0.29) is 11.8 Å². The van der Waals surface area contributed by atoms with Crippen LogP contribution in [0.3, 0.4) is 0 Å². The molecular weight excluding hydrogens is 466 g/mol. The zero-order chi connectivity index (χ0) is 26.0. The fourth-order valence-corrected chi connectivity index (χ4v) is 4.80. The minimum Gasteiger partial charge on any atom is -0.496 e. The van der Waals surface area contributed by atoms with Crippen LogP contribution in [0, 0.1) is 0 Å². The molecule has 3 aromatic carbocycles. The molecule has 0 aliphatic carbocycles. The largest absolute Gasteiger partial charge is 0.496 e. The zero-order valence-electron chi connectivity index (χ0n) is 21.7. The third kappa shape index (κ3) is 6.13. The van der Waals surface area contributed by atoms with Crippen molar-refractivity contribution in [3.8, 4) is 28.4 Å². The molecule has 3 aromatic rings. The lowest BCUT2D eigenvalue weighted by Gasteiger charge is -2.17. The van der Waals surface area contributed by atoms with Gasteiger partial charge in [-0.1, -0.05) is 68.5 Å². The monoisotopic (exact) mass is 501 g/mol. The van der Waals surface area contributed by atoms with E-state index >= 15 is 0 Å². The van der Waals surface area contributed by atoms with E-state index in [1.807, 2.05) is 42.5 Å². The summed E-state index contributed by atoms with van der Waals surface area (Å²) < 4.78 is 17.4. The molecule has 37 heavy (non-hydrogen) atoms. The van der Waals surface area contributed by atoms with Gasteiger partial charge in [-0.15, -0.1) is 0 Å². The molecule has 6 nitrogen and oxygen atoms in total. The molecule has 6 heteroatoms. The number of hydrogen-bond donors (Lipinski definition) is 0. The Hall–Kier alpha value is -3.80. The summed E-state index contributed by atoms with van der Waals surface area (Å²) in [4.78, 5) is 26.2. The van der Waals surface area contributed by atoms with Crippen molar-refractivity contribution >= 4 is 11.8 Å². The number of carbonyl (C=O) groups excluding carboxylic acids is 2. The van der Waals surface area contributed by atoms with Gasteiger partial charge in [0.2, 0.25) is 0 Å². The summed E-state index contributed by atoms with van der Waals surface area (Å²) >= 11 is 0. The highest BCUT2D eigenvalue weighted by Crippen LogP contribution is 2.42. The van der Waals surface area contributed by atoms with Crippen molar-refractivity contribution in [1.82, 2.24) is 4.90 Å². The molecule has 0 N–H and O–H groups in total. The van der Waals surface area contributed by atoms with Gasteiger partial charge >= 0.3 is 0 Å². The van der Waals surface area contributed by atoms with Gasteiger partial charge in [-0.2, -0.15) is 0 Å². The van der Waals surface area contributed by atoms with Crippen LogP contribution in [0.1, 0.15) is 65.7 Å². The number of imide groups is 1. The van der Waals surface area contributed by atoms with Crippen LogP contribution in [0.5, 0.6) is 17.2 Å². The number of nitrogens with zero attached hydrogens (tertiary/aromatic N) is 1. The number of amides is 2. The first-order valence-corrected chi connectivity index (χ1v) is 13.0. The smallest absolute Gasteiger partial charge is 0.261 e. The minimum absolute atomic E-state index is 0.162. The van der Waals surface area contributed by atoms with Gasteiger partial charge in [0.05, 0.1) is 37.5 Å². The van der Waals surface area contributed by atoms with Crippen molar-refractivity contribution < 1.29 is 23.8 Å². The van der Waals surface area contributed by atoms with Crippen molar-refractivity contribution in [3.63, 3.8) is 0 Å². The van der Waals surface area contributed by atoms with Crippen molar-refractivity contribution in [3.05, 3.63) is 77.9 Å². The number of hydrogen-bond acceptors (Lipinski definition) is 5. The van der Waals surface area contributed by atoms with Crippen LogP contribution in [0.2, 0.25) is 0 Å². The average Bonchev–Trinajstić information content (AvgIpc) is 3.18. The van der Waals surface area contributed by atoms with Crippen LogP contribution in [0.25, 0.3) is 11.1 Å². The van der Waals surface area contributed by atoms with E-state index in [1.165, 1.54) is 4.90 Å². The van der Waals surface area contributed by atoms with Gasteiger partial charge < -0.3 is 14.2 Å². The maximum atomic E-state index is 12.4. The first kappa shape index (κ1) is 26.3. The highest BCUT2D eigenvalue weighted by atomic mass is 16.5. The molecule has 0 radical (unpaired) electrons. The van der Waals surface area contributed by atoms with Crippen LogP contribution >= 0.6 is 0 Å². The normalized spacial score (nSPS) is 12.5. The third-order valence-corrected chi connectivity index (χ3v) is 6.75. The molecule has 0 fully saturated rings. The highest BCUT2D eigenvalue weighted by Gasteiger charge is 2.34. The zero-order valence-corrected chi connectivity index (χ0v) is 21.7. The molecule has 4 rings (SSSR count). The van der Waals surface area contributed by atoms with Crippen LogP contribution in [0.15, 0.2) is 66.7 Å². The predicted octanol–water partition coefficient (Wildman–Crippen LogP) is 6.78. The van der Waals surface area contributed by atoms with Crippen molar-refractivity contribution in [1.29, 1.82) is 0 Å². The van der Waals surface area contributed by atoms with E-state index < -0.39 is 0 Å². The molecule has 1 aliphatic rings. The summed E-state index contributed by atoms with van der Waals surface area (Å²) in [5, 5.41) is 0. The number of unbranched alkanes of at least 4 members (excludes halogenated alkanes) is 6. The lowest BCUT2D eigenvalue weighted by Crippen LogP contribution is -2.30. The van der Waals surface area contributed by atoms with Gasteiger partial charge in [0.1, 0.15) is 17.2 Å². The summed E-state index contributed by atoms with van der Waals surface area (Å²) in [5.41, 5.74) is 2.90. The molecule has 0 saturated heterocycles. The average molecular weight is 502 g/mol. The number of methoxy groups -OCH3 is 2. The lowest BCUT2D eigenvalue weighted by molar-refractivity contribution is 0.0651. The Kier molecular flexibility index (Phi) is 9.19. The molecule has 194 valence electrons. The molecule has 0 saturated carbocycles. The molecule has 1 aliphatic heterocycles. The summed E-state index contributed by atoms with van der Waals surface area (Å²) in [5.74, 6) is 2.00. The Labute approximate surface area is 219 Å². The van der Waals surface area contributed by atoms with Crippen LogP contribution in [0.4, 0.5) is 0 Å². The van der Waals surface area contributed by atoms with E-state index in [0.29, 0.717) is 24.3 Å². The second kappa shape index (κ2) is 12.9. The minimum atomic E-state index is -0.162. The third-order valence-electron chi connectivity index (χ3n) is 6.75. The van der Waals surface area contributed by atoms with E-state index in [0.717, 1.165) is 73.3 Å². The SMILES string of the molecule is COc1ccccc1-c1c(OC)cccc1OCCCCCCCCCN1C(=O)c2ccccc2C1=O. The van der Waals surface area contributed by atoms with Gasteiger partial charge in [0, 0.05) is 12.1 Å². The van der Waals surface area contributed by atoms with Gasteiger partial charge in [-0.25, -0.2) is 0 Å². The summed E-state index contributed by atoms with van der Waals surface area (Å²) in [6.07, 6.45) is 7.27. The lowest BCUT2D eigenvalue weighted by atomic mass is 10.0. The Morgan fingerprint density at radius 2 is 1.08 bits per heavy atom. The Balaban J connectivity index is 1.15. The van der Waals surface area contributed by atoms with Gasteiger partial charge in [0.15, 0.2) is 0 Å². The second-order valence-electron chi connectivity index (χ2n) is 9.16. The molecule has 0 spiro atoms. The number of benzene rings is 3. The van der Waals surface area contributed by atoms with Crippen LogP contribution in [-0.2, 0) is 0 Å². The molecule has 0 atom stereocenters. The quantitative estimate of drug-likeness (QED) is 0.180. The Bertz CT molecular complexity index is 1190. The van der Waals surface area contributed by atoms with E-state index in [4.69, 9.17) is 14.2 Å². The molecule has 1 heterocycles. The Morgan fingerprint density at radius 3 is 1.73 bits per heavy atom. The van der Waals surface area contributed by atoms with E-state index in [2.05, 4.69) is 0 Å². The standard InChI is InChI=1S/C31H35NO5/c1-35-26-18-11-10-17-25(26)29-27(36-2)19-14-20-28(29)37-22-13-7-5-3-4-6-12-21-32-30(33)23-15-8-9-16-24(23)31(32)34/h8-11,14-20H,3-7,12-13,21-22H2,1-2H3. The summed E-state index contributed by atoms with van der Waals surface area (Å²) in [6.45, 7) is 1.13. The van der Waals surface area contributed by atoms with Crippen LogP contribution in [-0.4, -0.2) is 44.1 Å². The van der Waals surface area contributed by atoms with Crippen LogP contribution < -0.4 is 14.2 Å². The first-order valence-electron chi connectivity index (χ1n) is 13.0. The van der Waals surface area contributed by atoms with Crippen molar-refractivity contribution in [2.45, 2.75) is 44.9 Å². The maximum absolute atomic E-state index is 12.4. The summed E-state index contributed by atoms with van der Waals surface area (Å²) in [7, 11) is 3.33. The number of ether oxygens (including phenoxy) is 3. The van der Waals surface area contributed by atoms with E-state index in [1.54, 1.807) is 38.5 Å². The van der Waals surface area contributed by atoms with Gasteiger partial charge in [-0.05, 0) is 43.2 Å². The van der Waals surface area contributed by atoms with Crippen molar-refractivity contribution in [2.24, 2.45) is 0 Å².